The number of rotatable bonds is 3. The first-order chi connectivity index (χ1) is 12.5. The summed E-state index contributed by atoms with van der Waals surface area (Å²) in [7, 11) is 1.60. The van der Waals surface area contributed by atoms with E-state index in [1.165, 1.54) is 0 Å². The van der Waals surface area contributed by atoms with E-state index in [9.17, 15) is 9.90 Å². The molecule has 0 spiro atoms. The fourth-order valence-electron chi connectivity index (χ4n) is 3.10. The number of furan rings is 1. The fraction of sp³-hybridized carbons (Fsp3) is 0.143. The maximum absolute atomic E-state index is 11.8. The zero-order valence-electron chi connectivity index (χ0n) is 14.7. The standard InChI is InChI=1S/C21H17NO4/c1-11-4-7-15-16(21(23)24)10-17(22-20(15)12(11)2)19-8-13-5-6-14(25-3)9-18(13)26-19/h4-10H,1-3H3,(H,23,24). The zero-order chi connectivity index (χ0) is 18.4. The average Bonchev–Trinajstić information content (AvgIpc) is 3.07. The third-order valence-electron chi connectivity index (χ3n) is 4.72. The maximum Gasteiger partial charge on any atom is 0.336 e. The number of aryl methyl sites for hydroxylation is 2. The summed E-state index contributed by atoms with van der Waals surface area (Å²) >= 11 is 0. The lowest BCUT2D eigenvalue weighted by Crippen LogP contribution is -2.01. The van der Waals surface area contributed by atoms with Crippen LogP contribution in [0.2, 0.25) is 0 Å². The van der Waals surface area contributed by atoms with E-state index >= 15 is 0 Å². The highest BCUT2D eigenvalue weighted by Crippen LogP contribution is 2.32. The van der Waals surface area contributed by atoms with Gasteiger partial charge in [0.2, 0.25) is 0 Å². The number of methoxy groups -OCH3 is 1. The molecule has 0 saturated heterocycles. The first kappa shape index (κ1) is 16.1. The number of ether oxygens (including phenoxy) is 1. The Bertz CT molecular complexity index is 1170. The van der Waals surface area contributed by atoms with Crippen LogP contribution in [0.5, 0.6) is 5.75 Å². The molecule has 0 aliphatic rings. The Balaban J connectivity index is 1.99. The summed E-state index contributed by atoms with van der Waals surface area (Å²) in [5, 5.41) is 11.2. The molecule has 2 aromatic carbocycles. The summed E-state index contributed by atoms with van der Waals surface area (Å²) in [6.07, 6.45) is 0. The van der Waals surface area contributed by atoms with Crippen molar-refractivity contribution < 1.29 is 19.1 Å². The predicted molar refractivity (Wildman–Crippen MR) is 99.9 cm³/mol. The molecule has 2 aromatic heterocycles. The van der Waals surface area contributed by atoms with Crippen molar-refractivity contribution in [1.29, 1.82) is 0 Å². The Labute approximate surface area is 149 Å². The van der Waals surface area contributed by atoms with Crippen molar-refractivity contribution in [2.24, 2.45) is 0 Å². The summed E-state index contributed by atoms with van der Waals surface area (Å²) in [4.78, 5) is 16.5. The van der Waals surface area contributed by atoms with Gasteiger partial charge in [-0.3, -0.25) is 0 Å². The van der Waals surface area contributed by atoms with Crippen LogP contribution in [0.15, 0.2) is 46.9 Å². The van der Waals surface area contributed by atoms with Gasteiger partial charge in [-0.2, -0.15) is 0 Å². The van der Waals surface area contributed by atoms with Crippen molar-refractivity contribution in [3.8, 4) is 17.2 Å². The van der Waals surface area contributed by atoms with E-state index in [4.69, 9.17) is 14.1 Å². The largest absolute Gasteiger partial charge is 0.497 e. The maximum atomic E-state index is 11.8. The van der Waals surface area contributed by atoms with Crippen LogP contribution < -0.4 is 4.74 Å². The molecule has 0 amide bonds. The van der Waals surface area contributed by atoms with Gasteiger partial charge in [-0.15, -0.1) is 0 Å². The van der Waals surface area contributed by atoms with Crippen LogP contribution in [0.3, 0.4) is 0 Å². The summed E-state index contributed by atoms with van der Waals surface area (Å²) < 4.78 is 11.1. The summed E-state index contributed by atoms with van der Waals surface area (Å²) in [5.74, 6) is 0.237. The van der Waals surface area contributed by atoms with Crippen LogP contribution >= 0.6 is 0 Å². The van der Waals surface area contributed by atoms with Crippen molar-refractivity contribution in [3.63, 3.8) is 0 Å². The van der Waals surface area contributed by atoms with E-state index in [1.807, 2.05) is 38.1 Å². The average molecular weight is 347 g/mol. The molecule has 0 fully saturated rings. The number of benzene rings is 2. The molecule has 5 nitrogen and oxygen atoms in total. The van der Waals surface area contributed by atoms with Crippen LogP contribution in [0, 0.1) is 13.8 Å². The molecule has 4 aromatic rings. The minimum atomic E-state index is -0.986. The van der Waals surface area contributed by atoms with Crippen molar-refractivity contribution >= 4 is 27.8 Å². The number of hydrogen-bond acceptors (Lipinski definition) is 4. The Hall–Kier alpha value is -3.34. The van der Waals surface area contributed by atoms with Gasteiger partial charge in [0.1, 0.15) is 17.0 Å². The Morgan fingerprint density at radius 2 is 1.92 bits per heavy atom. The van der Waals surface area contributed by atoms with Crippen molar-refractivity contribution in [3.05, 3.63) is 59.2 Å². The molecule has 130 valence electrons. The fourth-order valence-corrected chi connectivity index (χ4v) is 3.10. The highest BCUT2D eigenvalue weighted by molar-refractivity contribution is 6.04. The number of nitrogens with zero attached hydrogens (tertiary/aromatic N) is 1. The third-order valence-corrected chi connectivity index (χ3v) is 4.72. The Morgan fingerprint density at radius 3 is 2.65 bits per heavy atom. The SMILES string of the molecule is COc1ccc2cc(-c3cc(C(=O)O)c4ccc(C)c(C)c4n3)oc2c1. The number of carbonyl (C=O) groups is 1. The van der Waals surface area contributed by atoms with Crippen LogP contribution in [-0.2, 0) is 0 Å². The molecule has 0 atom stereocenters. The number of carboxylic acids is 1. The van der Waals surface area contributed by atoms with E-state index in [1.54, 1.807) is 25.3 Å². The zero-order valence-corrected chi connectivity index (χ0v) is 14.7. The summed E-state index contributed by atoms with van der Waals surface area (Å²) in [6.45, 7) is 3.93. The van der Waals surface area contributed by atoms with E-state index < -0.39 is 5.97 Å². The second kappa shape index (κ2) is 5.88. The molecule has 26 heavy (non-hydrogen) atoms. The van der Waals surface area contributed by atoms with Crippen molar-refractivity contribution in [1.82, 2.24) is 4.98 Å². The van der Waals surface area contributed by atoms with Gasteiger partial charge in [0, 0.05) is 16.8 Å². The number of aromatic carboxylic acids is 1. The van der Waals surface area contributed by atoms with E-state index in [-0.39, 0.29) is 5.56 Å². The van der Waals surface area contributed by atoms with Gasteiger partial charge < -0.3 is 14.3 Å². The molecular formula is C21H17NO4. The Kier molecular flexibility index (Phi) is 3.65. The van der Waals surface area contributed by atoms with E-state index in [2.05, 4.69) is 0 Å². The molecule has 5 heteroatoms. The number of aromatic nitrogens is 1. The van der Waals surface area contributed by atoms with Gasteiger partial charge in [0.15, 0.2) is 5.76 Å². The number of hydrogen-bond donors (Lipinski definition) is 1. The lowest BCUT2D eigenvalue weighted by atomic mass is 10.0. The first-order valence-corrected chi connectivity index (χ1v) is 8.20. The van der Waals surface area contributed by atoms with Crippen LogP contribution in [-0.4, -0.2) is 23.2 Å². The minimum Gasteiger partial charge on any atom is -0.497 e. The summed E-state index contributed by atoms with van der Waals surface area (Å²) in [5.41, 5.74) is 4.08. The van der Waals surface area contributed by atoms with Crippen LogP contribution in [0.25, 0.3) is 33.3 Å². The molecule has 0 aliphatic carbocycles. The number of pyridine rings is 1. The van der Waals surface area contributed by atoms with Crippen LogP contribution in [0.4, 0.5) is 0 Å². The van der Waals surface area contributed by atoms with Gasteiger partial charge in [0.05, 0.1) is 18.2 Å². The highest BCUT2D eigenvalue weighted by atomic mass is 16.5. The third kappa shape index (κ3) is 2.49. The topological polar surface area (TPSA) is 72.6 Å². The lowest BCUT2D eigenvalue weighted by Gasteiger charge is -2.09. The van der Waals surface area contributed by atoms with Crippen LogP contribution in [0.1, 0.15) is 21.5 Å². The van der Waals surface area contributed by atoms with E-state index in [0.29, 0.717) is 33.7 Å². The molecule has 0 unspecified atom stereocenters. The highest BCUT2D eigenvalue weighted by Gasteiger charge is 2.17. The summed E-state index contributed by atoms with van der Waals surface area (Å²) in [6, 6.07) is 12.7. The first-order valence-electron chi connectivity index (χ1n) is 8.20. The predicted octanol–water partition coefficient (Wildman–Crippen LogP) is 4.97. The molecular weight excluding hydrogens is 330 g/mol. The van der Waals surface area contributed by atoms with Gasteiger partial charge >= 0.3 is 5.97 Å². The molecule has 0 bridgehead atoms. The Morgan fingerprint density at radius 1 is 1.12 bits per heavy atom. The second-order valence-corrected chi connectivity index (χ2v) is 6.28. The van der Waals surface area contributed by atoms with Crippen molar-refractivity contribution in [2.45, 2.75) is 13.8 Å². The van der Waals surface area contributed by atoms with E-state index in [0.717, 1.165) is 16.5 Å². The van der Waals surface area contributed by atoms with Gasteiger partial charge in [0.25, 0.3) is 0 Å². The smallest absolute Gasteiger partial charge is 0.336 e. The number of carboxylic acid groups (broad SMARTS) is 1. The van der Waals surface area contributed by atoms with Crippen molar-refractivity contribution in [2.75, 3.05) is 7.11 Å². The van der Waals surface area contributed by atoms with Gasteiger partial charge in [-0.1, -0.05) is 12.1 Å². The monoisotopic (exact) mass is 347 g/mol. The minimum absolute atomic E-state index is 0.214. The normalized spacial score (nSPS) is 11.2. The van der Waals surface area contributed by atoms with Gasteiger partial charge in [-0.05, 0) is 49.2 Å². The molecule has 4 rings (SSSR count). The van der Waals surface area contributed by atoms with Gasteiger partial charge in [-0.25, -0.2) is 9.78 Å². The number of fused-ring (bicyclic) bond motifs is 2. The molecule has 0 radical (unpaired) electrons. The molecule has 1 N–H and O–H groups in total. The lowest BCUT2D eigenvalue weighted by molar-refractivity contribution is 0.0699. The molecule has 0 aliphatic heterocycles. The molecule has 2 heterocycles. The quantitative estimate of drug-likeness (QED) is 0.566. The second-order valence-electron chi connectivity index (χ2n) is 6.28. The molecule has 0 saturated carbocycles.